The molecule has 0 saturated carbocycles. The third kappa shape index (κ3) is 5.79. The lowest BCUT2D eigenvalue weighted by Crippen LogP contribution is -2.45. The maximum Gasteiger partial charge on any atom is 0.194 e. The summed E-state index contributed by atoms with van der Waals surface area (Å²) in [5, 5.41) is 15.4. The molecular formula is C18H31IN4O2S. The minimum Gasteiger partial charge on any atom is -0.391 e. The second-order valence-electron chi connectivity index (χ2n) is 6.79. The molecule has 0 radical (unpaired) electrons. The van der Waals surface area contributed by atoms with Gasteiger partial charge in [0.2, 0.25) is 0 Å². The van der Waals surface area contributed by atoms with Crippen LogP contribution < -0.4 is 5.32 Å². The van der Waals surface area contributed by atoms with Gasteiger partial charge in [-0.15, -0.1) is 35.3 Å². The maximum atomic E-state index is 9.83. The van der Waals surface area contributed by atoms with E-state index >= 15 is 0 Å². The van der Waals surface area contributed by atoms with Crippen molar-refractivity contribution in [1.29, 1.82) is 0 Å². The van der Waals surface area contributed by atoms with E-state index in [0.29, 0.717) is 6.54 Å². The Morgan fingerprint density at radius 3 is 2.92 bits per heavy atom. The van der Waals surface area contributed by atoms with Gasteiger partial charge in [-0.25, -0.2) is 0 Å². The third-order valence-electron chi connectivity index (χ3n) is 4.80. The van der Waals surface area contributed by atoms with Gasteiger partial charge < -0.3 is 20.1 Å². The Balaban J connectivity index is 0.00000243. The zero-order valence-electron chi connectivity index (χ0n) is 15.6. The number of likely N-dealkylation sites (tertiary alicyclic amines) is 1. The van der Waals surface area contributed by atoms with Crippen LogP contribution >= 0.6 is 35.3 Å². The average Bonchev–Trinajstić information content (AvgIpc) is 3.26. The zero-order valence-corrected chi connectivity index (χ0v) is 18.8. The second kappa shape index (κ2) is 10.8. The van der Waals surface area contributed by atoms with Crippen molar-refractivity contribution in [2.24, 2.45) is 4.99 Å². The predicted octanol–water partition coefficient (Wildman–Crippen LogP) is 2.16. The highest BCUT2D eigenvalue weighted by molar-refractivity contribution is 14.0. The van der Waals surface area contributed by atoms with E-state index in [4.69, 9.17) is 9.73 Å². The first-order valence-corrected chi connectivity index (χ1v) is 10.2. The molecular weight excluding hydrogens is 463 g/mol. The molecule has 0 spiro atoms. The molecule has 2 N–H and O–H groups in total. The first-order valence-electron chi connectivity index (χ1n) is 9.27. The van der Waals surface area contributed by atoms with Crippen LogP contribution in [0.3, 0.4) is 0 Å². The first-order chi connectivity index (χ1) is 12.2. The summed E-state index contributed by atoms with van der Waals surface area (Å²) in [6, 6.07) is 4.60. The van der Waals surface area contributed by atoms with Gasteiger partial charge in [0.25, 0.3) is 0 Å². The summed E-state index contributed by atoms with van der Waals surface area (Å²) in [7, 11) is 0. The maximum absolute atomic E-state index is 9.83. The van der Waals surface area contributed by atoms with Crippen LogP contribution in [0.4, 0.5) is 0 Å². The fourth-order valence-electron chi connectivity index (χ4n) is 3.53. The lowest BCUT2D eigenvalue weighted by atomic mass is 10.1. The number of hydrogen-bond acceptors (Lipinski definition) is 5. The van der Waals surface area contributed by atoms with Gasteiger partial charge in [-0.3, -0.25) is 9.89 Å². The van der Waals surface area contributed by atoms with Crippen molar-refractivity contribution in [3.8, 4) is 0 Å². The van der Waals surface area contributed by atoms with E-state index in [1.807, 2.05) is 0 Å². The van der Waals surface area contributed by atoms with Crippen molar-refractivity contribution in [2.45, 2.75) is 38.5 Å². The normalized spacial score (nSPS) is 25.8. The Hall–Kier alpha value is -0.420. The van der Waals surface area contributed by atoms with Crippen molar-refractivity contribution in [3.63, 3.8) is 0 Å². The number of hydrogen-bond donors (Lipinski definition) is 2. The number of nitrogens with zero attached hydrogens (tertiary/aromatic N) is 3. The number of β-amino-alcohol motifs (C(OH)–C–C–N with tert-alkyl or cyclic N) is 1. The predicted molar refractivity (Wildman–Crippen MR) is 118 cm³/mol. The monoisotopic (exact) mass is 494 g/mol. The Bertz CT molecular complexity index is 557. The molecule has 0 amide bonds. The average molecular weight is 494 g/mol. The number of aliphatic hydroxyl groups is 1. The molecule has 0 aromatic carbocycles. The molecule has 2 unspecified atom stereocenters. The van der Waals surface area contributed by atoms with Crippen molar-refractivity contribution in [2.75, 3.05) is 45.9 Å². The summed E-state index contributed by atoms with van der Waals surface area (Å²) in [5.41, 5.74) is 0. The summed E-state index contributed by atoms with van der Waals surface area (Å²) in [4.78, 5) is 10.9. The van der Waals surface area contributed by atoms with Crippen molar-refractivity contribution in [1.82, 2.24) is 15.1 Å². The molecule has 2 fully saturated rings. The molecule has 2 saturated heterocycles. The molecule has 1 aromatic rings. The van der Waals surface area contributed by atoms with E-state index in [9.17, 15) is 5.11 Å². The number of halogens is 1. The van der Waals surface area contributed by atoms with E-state index in [1.165, 1.54) is 4.88 Å². The minimum absolute atomic E-state index is 0. The molecule has 2 aliphatic heterocycles. The highest BCUT2D eigenvalue weighted by atomic mass is 127. The Morgan fingerprint density at radius 2 is 2.31 bits per heavy atom. The standard InChI is InChI=1S/C18H30N4O2S.HI/c1-3-19-18(22-7-6-15(23)13-22)20-11-16(17-5-4-10-25-17)21-8-9-24-14(2)12-21;/h4-5,10,14-16,23H,3,6-9,11-13H2,1-2H3,(H,19,20);1H/t14?,15-,16?;/m1./s1. The van der Waals surface area contributed by atoms with Crippen LogP contribution in [-0.2, 0) is 4.74 Å². The summed E-state index contributed by atoms with van der Waals surface area (Å²) in [6.45, 7) is 9.99. The fraction of sp³-hybridized carbons (Fsp3) is 0.722. The summed E-state index contributed by atoms with van der Waals surface area (Å²) in [6.07, 6.45) is 0.846. The molecule has 0 aliphatic carbocycles. The van der Waals surface area contributed by atoms with Crippen molar-refractivity contribution in [3.05, 3.63) is 22.4 Å². The Kier molecular flexibility index (Phi) is 9.08. The minimum atomic E-state index is -0.239. The molecule has 0 bridgehead atoms. The van der Waals surface area contributed by atoms with Gasteiger partial charge in [-0.2, -0.15) is 0 Å². The number of thiophene rings is 1. The van der Waals surface area contributed by atoms with Crippen LogP contribution in [0.15, 0.2) is 22.5 Å². The van der Waals surface area contributed by atoms with Gasteiger partial charge in [0.05, 0.1) is 31.4 Å². The number of aliphatic hydroxyl groups excluding tert-OH is 1. The van der Waals surface area contributed by atoms with Crippen LogP contribution in [0.25, 0.3) is 0 Å². The SMILES string of the molecule is CCNC(=NCC(c1cccs1)N1CCOC(C)C1)N1CC[C@@H](O)C1.I. The molecule has 1 aromatic heterocycles. The topological polar surface area (TPSA) is 60.3 Å². The van der Waals surface area contributed by atoms with E-state index in [1.54, 1.807) is 11.3 Å². The molecule has 3 atom stereocenters. The molecule has 2 aliphatic rings. The van der Waals surface area contributed by atoms with E-state index in [0.717, 1.165) is 51.7 Å². The number of rotatable bonds is 5. The van der Waals surface area contributed by atoms with Crippen LogP contribution in [0.1, 0.15) is 31.2 Å². The molecule has 26 heavy (non-hydrogen) atoms. The molecule has 148 valence electrons. The van der Waals surface area contributed by atoms with E-state index in [-0.39, 0.29) is 42.2 Å². The lowest BCUT2D eigenvalue weighted by molar-refractivity contribution is -0.0327. The van der Waals surface area contributed by atoms with Gasteiger partial charge in [-0.1, -0.05) is 6.07 Å². The van der Waals surface area contributed by atoms with Crippen molar-refractivity contribution >= 4 is 41.3 Å². The number of aliphatic imine (C=N–C) groups is 1. The third-order valence-corrected chi connectivity index (χ3v) is 5.77. The van der Waals surface area contributed by atoms with E-state index in [2.05, 4.69) is 46.5 Å². The van der Waals surface area contributed by atoms with Crippen LogP contribution in [-0.4, -0.2) is 78.9 Å². The quantitative estimate of drug-likeness (QED) is 0.374. The molecule has 3 rings (SSSR count). The smallest absolute Gasteiger partial charge is 0.194 e. The zero-order chi connectivity index (χ0) is 17.6. The first kappa shape index (κ1) is 21.9. The summed E-state index contributed by atoms with van der Waals surface area (Å²) < 4.78 is 5.71. The number of morpholine rings is 1. The van der Waals surface area contributed by atoms with Crippen LogP contribution in [0.2, 0.25) is 0 Å². The summed E-state index contributed by atoms with van der Waals surface area (Å²) in [5.74, 6) is 0.918. The van der Waals surface area contributed by atoms with Gasteiger partial charge in [0.15, 0.2) is 5.96 Å². The molecule has 8 heteroatoms. The largest absolute Gasteiger partial charge is 0.391 e. The lowest BCUT2D eigenvalue weighted by Gasteiger charge is -2.36. The van der Waals surface area contributed by atoms with Crippen molar-refractivity contribution < 1.29 is 9.84 Å². The Morgan fingerprint density at radius 1 is 1.46 bits per heavy atom. The fourth-order valence-corrected chi connectivity index (χ4v) is 4.38. The Labute approximate surface area is 177 Å². The van der Waals surface area contributed by atoms with Crippen LogP contribution in [0.5, 0.6) is 0 Å². The number of nitrogens with one attached hydrogen (secondary N) is 1. The summed E-state index contributed by atoms with van der Waals surface area (Å²) >= 11 is 1.80. The van der Waals surface area contributed by atoms with Crippen LogP contribution in [0, 0.1) is 0 Å². The van der Waals surface area contributed by atoms with Gasteiger partial charge in [0, 0.05) is 37.6 Å². The number of guanidine groups is 1. The van der Waals surface area contributed by atoms with Gasteiger partial charge in [-0.05, 0) is 31.7 Å². The molecule has 6 nitrogen and oxygen atoms in total. The highest BCUT2D eigenvalue weighted by Gasteiger charge is 2.27. The van der Waals surface area contributed by atoms with Gasteiger partial charge in [0.1, 0.15) is 0 Å². The van der Waals surface area contributed by atoms with Gasteiger partial charge >= 0.3 is 0 Å². The molecule has 3 heterocycles. The number of ether oxygens (including phenoxy) is 1. The highest BCUT2D eigenvalue weighted by Crippen LogP contribution is 2.27. The van der Waals surface area contributed by atoms with E-state index < -0.39 is 0 Å². The second-order valence-corrected chi connectivity index (χ2v) is 7.77.